The molecule has 0 aliphatic carbocycles. The first-order valence-electron chi connectivity index (χ1n) is 10.6. The average Bonchev–Trinajstić information content (AvgIpc) is 2.70. The van der Waals surface area contributed by atoms with E-state index in [-0.39, 0.29) is 30.0 Å². The number of likely N-dealkylation sites (N-methyl/N-ethyl adjacent to an activating group) is 1. The Morgan fingerprint density at radius 2 is 1.67 bits per heavy atom. The standard InChI is InChI=1S/C21H39N5O2S.HI/c1-6-22-21(23-16-13-17-26(9-4)29(5,27)28)24-18-20(25(7-2)8-3)19-14-11-10-12-15-19;/h10-12,14-15,20H,6-9,13,16-18H2,1-5H3,(H2,22,23,24);1H. The third kappa shape index (κ3) is 10.4. The topological polar surface area (TPSA) is 77.0 Å². The van der Waals surface area contributed by atoms with E-state index in [4.69, 9.17) is 4.99 Å². The van der Waals surface area contributed by atoms with Gasteiger partial charge >= 0.3 is 0 Å². The highest BCUT2D eigenvalue weighted by Crippen LogP contribution is 2.20. The zero-order valence-electron chi connectivity index (χ0n) is 19.1. The summed E-state index contributed by atoms with van der Waals surface area (Å²) in [6, 6.07) is 10.7. The number of hydrogen-bond donors (Lipinski definition) is 2. The summed E-state index contributed by atoms with van der Waals surface area (Å²) in [6.07, 6.45) is 1.98. The molecule has 30 heavy (non-hydrogen) atoms. The lowest BCUT2D eigenvalue weighted by Crippen LogP contribution is -2.40. The Balaban J connectivity index is 0.00000841. The van der Waals surface area contributed by atoms with Crippen LogP contribution in [0.3, 0.4) is 0 Å². The molecule has 0 radical (unpaired) electrons. The summed E-state index contributed by atoms with van der Waals surface area (Å²) in [7, 11) is -3.14. The van der Waals surface area contributed by atoms with Crippen molar-refractivity contribution in [2.24, 2.45) is 4.99 Å². The van der Waals surface area contributed by atoms with E-state index in [0.717, 1.165) is 32.0 Å². The van der Waals surface area contributed by atoms with Crippen molar-refractivity contribution in [1.82, 2.24) is 19.8 Å². The number of halogens is 1. The Bertz CT molecular complexity index is 697. The highest BCUT2D eigenvalue weighted by atomic mass is 127. The van der Waals surface area contributed by atoms with Gasteiger partial charge in [-0.3, -0.25) is 9.89 Å². The van der Waals surface area contributed by atoms with Gasteiger partial charge in [-0.15, -0.1) is 24.0 Å². The monoisotopic (exact) mass is 553 g/mol. The van der Waals surface area contributed by atoms with Gasteiger partial charge in [0.2, 0.25) is 10.0 Å². The Morgan fingerprint density at radius 3 is 2.17 bits per heavy atom. The van der Waals surface area contributed by atoms with Crippen molar-refractivity contribution in [2.75, 3.05) is 52.1 Å². The first kappa shape index (κ1) is 29.1. The van der Waals surface area contributed by atoms with Crippen molar-refractivity contribution in [2.45, 2.75) is 40.2 Å². The van der Waals surface area contributed by atoms with E-state index in [1.54, 1.807) is 0 Å². The summed E-state index contributed by atoms with van der Waals surface area (Å²) < 4.78 is 24.9. The number of nitrogens with one attached hydrogen (secondary N) is 2. The Hall–Kier alpha value is -0.910. The summed E-state index contributed by atoms with van der Waals surface area (Å²) >= 11 is 0. The van der Waals surface area contributed by atoms with Crippen molar-refractivity contribution in [1.29, 1.82) is 0 Å². The van der Waals surface area contributed by atoms with Crippen LogP contribution in [0, 0.1) is 0 Å². The SMILES string of the molecule is CCNC(=NCC(c1ccccc1)N(CC)CC)NCCCN(CC)S(C)(=O)=O.I. The summed E-state index contributed by atoms with van der Waals surface area (Å²) in [5, 5.41) is 6.62. The van der Waals surface area contributed by atoms with Gasteiger partial charge in [0.05, 0.1) is 18.8 Å². The molecule has 0 spiro atoms. The molecule has 0 heterocycles. The summed E-state index contributed by atoms with van der Waals surface area (Å²) in [5.41, 5.74) is 1.27. The van der Waals surface area contributed by atoms with Crippen LogP contribution in [0.5, 0.6) is 0 Å². The number of guanidine groups is 1. The maximum atomic E-state index is 11.7. The van der Waals surface area contributed by atoms with Crippen molar-refractivity contribution >= 4 is 40.0 Å². The van der Waals surface area contributed by atoms with Crippen LogP contribution in [0.4, 0.5) is 0 Å². The van der Waals surface area contributed by atoms with Crippen LogP contribution in [0.1, 0.15) is 45.7 Å². The largest absolute Gasteiger partial charge is 0.357 e. The molecule has 0 saturated heterocycles. The molecule has 1 aromatic rings. The Labute approximate surface area is 200 Å². The van der Waals surface area contributed by atoms with Gasteiger partial charge in [-0.25, -0.2) is 12.7 Å². The molecular weight excluding hydrogens is 513 g/mol. The molecule has 7 nitrogen and oxygen atoms in total. The normalized spacial score (nSPS) is 13.2. The predicted octanol–water partition coefficient (Wildman–Crippen LogP) is 2.91. The molecule has 0 aromatic heterocycles. The molecule has 0 amide bonds. The molecule has 0 bridgehead atoms. The lowest BCUT2D eigenvalue weighted by Gasteiger charge is -2.29. The maximum Gasteiger partial charge on any atom is 0.211 e. The Morgan fingerprint density at radius 1 is 1.03 bits per heavy atom. The number of hydrogen-bond acceptors (Lipinski definition) is 4. The maximum absolute atomic E-state index is 11.7. The molecule has 0 aliphatic rings. The van der Waals surface area contributed by atoms with E-state index in [2.05, 4.69) is 53.6 Å². The van der Waals surface area contributed by atoms with Crippen LogP contribution in [0.2, 0.25) is 0 Å². The van der Waals surface area contributed by atoms with E-state index in [1.165, 1.54) is 16.1 Å². The smallest absolute Gasteiger partial charge is 0.211 e. The van der Waals surface area contributed by atoms with Gasteiger partial charge in [-0.05, 0) is 32.0 Å². The number of aliphatic imine (C=N–C) groups is 1. The molecule has 1 rings (SSSR count). The summed E-state index contributed by atoms with van der Waals surface area (Å²) in [6.45, 7) is 13.3. The molecule has 0 aliphatic heterocycles. The number of sulfonamides is 1. The van der Waals surface area contributed by atoms with E-state index < -0.39 is 10.0 Å². The quantitative estimate of drug-likeness (QED) is 0.170. The lowest BCUT2D eigenvalue weighted by atomic mass is 10.1. The fraction of sp³-hybridized carbons (Fsp3) is 0.667. The second-order valence-corrected chi connectivity index (χ2v) is 8.88. The summed E-state index contributed by atoms with van der Waals surface area (Å²) in [5.74, 6) is 0.767. The van der Waals surface area contributed by atoms with E-state index in [0.29, 0.717) is 26.2 Å². The van der Waals surface area contributed by atoms with Crippen LogP contribution >= 0.6 is 24.0 Å². The van der Waals surface area contributed by atoms with Crippen molar-refractivity contribution in [3.63, 3.8) is 0 Å². The summed E-state index contributed by atoms with van der Waals surface area (Å²) in [4.78, 5) is 7.22. The second-order valence-electron chi connectivity index (χ2n) is 6.90. The molecule has 2 N–H and O–H groups in total. The van der Waals surface area contributed by atoms with Gasteiger partial charge in [0.15, 0.2) is 5.96 Å². The molecule has 9 heteroatoms. The fourth-order valence-electron chi connectivity index (χ4n) is 3.31. The van der Waals surface area contributed by atoms with Crippen LogP contribution in [0.15, 0.2) is 35.3 Å². The zero-order valence-corrected chi connectivity index (χ0v) is 22.2. The van der Waals surface area contributed by atoms with E-state index in [9.17, 15) is 8.42 Å². The van der Waals surface area contributed by atoms with Crippen molar-refractivity contribution < 1.29 is 8.42 Å². The van der Waals surface area contributed by atoms with Crippen LogP contribution in [-0.4, -0.2) is 75.7 Å². The molecule has 0 fully saturated rings. The first-order chi connectivity index (χ1) is 13.9. The van der Waals surface area contributed by atoms with Gasteiger partial charge < -0.3 is 10.6 Å². The average molecular weight is 554 g/mol. The first-order valence-corrected chi connectivity index (χ1v) is 12.5. The Kier molecular flexibility index (Phi) is 15.3. The number of benzene rings is 1. The minimum absolute atomic E-state index is 0. The molecule has 1 unspecified atom stereocenters. The second kappa shape index (κ2) is 15.8. The van der Waals surface area contributed by atoms with Crippen LogP contribution in [0.25, 0.3) is 0 Å². The molecule has 1 aromatic carbocycles. The third-order valence-corrected chi connectivity index (χ3v) is 6.28. The highest BCUT2D eigenvalue weighted by Gasteiger charge is 2.18. The predicted molar refractivity (Wildman–Crippen MR) is 138 cm³/mol. The number of rotatable bonds is 13. The van der Waals surface area contributed by atoms with Gasteiger partial charge in [0.1, 0.15) is 0 Å². The van der Waals surface area contributed by atoms with Crippen molar-refractivity contribution in [3.05, 3.63) is 35.9 Å². The number of nitrogens with zero attached hydrogens (tertiary/aromatic N) is 3. The minimum Gasteiger partial charge on any atom is -0.357 e. The van der Waals surface area contributed by atoms with Crippen LogP contribution in [-0.2, 0) is 10.0 Å². The molecule has 1 atom stereocenters. The van der Waals surface area contributed by atoms with Crippen LogP contribution < -0.4 is 10.6 Å². The highest BCUT2D eigenvalue weighted by molar-refractivity contribution is 14.0. The van der Waals surface area contributed by atoms with Gasteiger partial charge in [-0.2, -0.15) is 0 Å². The van der Waals surface area contributed by atoms with Gasteiger partial charge in [-0.1, -0.05) is 51.1 Å². The van der Waals surface area contributed by atoms with E-state index >= 15 is 0 Å². The molecule has 174 valence electrons. The molecule has 0 saturated carbocycles. The van der Waals surface area contributed by atoms with Gasteiger partial charge in [0, 0.05) is 26.2 Å². The minimum atomic E-state index is -3.14. The third-order valence-electron chi connectivity index (χ3n) is 4.90. The van der Waals surface area contributed by atoms with Crippen molar-refractivity contribution in [3.8, 4) is 0 Å². The lowest BCUT2D eigenvalue weighted by molar-refractivity contribution is 0.224. The zero-order chi connectivity index (χ0) is 21.7. The van der Waals surface area contributed by atoms with Gasteiger partial charge in [0.25, 0.3) is 0 Å². The van der Waals surface area contributed by atoms with E-state index in [1.807, 2.05) is 19.9 Å². The fourth-order valence-corrected chi connectivity index (χ4v) is 4.24. The molecular formula is C21H40IN5O2S.